The molecule has 162 valence electrons. The molecule has 0 bridgehead atoms. The standard InChI is InChI=1S/C19H29N3O6S/c1-26-17-6-5-15(14-18(17)27-2)29(24,25)22-8-3-4-16(22)19(23)20-7-9-21-10-12-28-13-11-21/h5-6,14,16H,3-4,7-13H2,1-2H3,(H,20,23). The molecular weight excluding hydrogens is 398 g/mol. The van der Waals surface area contributed by atoms with E-state index in [0.29, 0.717) is 50.6 Å². The summed E-state index contributed by atoms with van der Waals surface area (Å²) >= 11 is 0. The summed E-state index contributed by atoms with van der Waals surface area (Å²) in [4.78, 5) is 15.0. The average Bonchev–Trinajstić information content (AvgIpc) is 3.25. The molecule has 2 saturated heterocycles. The van der Waals surface area contributed by atoms with Gasteiger partial charge >= 0.3 is 0 Å². The Kier molecular flexibility index (Phi) is 7.33. The highest BCUT2D eigenvalue weighted by Crippen LogP contribution is 2.33. The van der Waals surface area contributed by atoms with Gasteiger partial charge in [-0.05, 0) is 25.0 Å². The van der Waals surface area contributed by atoms with Crippen molar-refractivity contribution in [3.05, 3.63) is 18.2 Å². The van der Waals surface area contributed by atoms with Crippen LogP contribution in [0.15, 0.2) is 23.1 Å². The van der Waals surface area contributed by atoms with Gasteiger partial charge in [0.15, 0.2) is 11.5 Å². The molecule has 0 radical (unpaired) electrons. The quantitative estimate of drug-likeness (QED) is 0.637. The van der Waals surface area contributed by atoms with E-state index in [1.54, 1.807) is 6.07 Å². The summed E-state index contributed by atoms with van der Waals surface area (Å²) in [7, 11) is -0.883. The lowest BCUT2D eigenvalue weighted by molar-refractivity contribution is -0.124. The van der Waals surface area contributed by atoms with E-state index >= 15 is 0 Å². The third-order valence-corrected chi connectivity index (χ3v) is 7.20. The third-order valence-electron chi connectivity index (χ3n) is 5.30. The zero-order valence-electron chi connectivity index (χ0n) is 16.9. The summed E-state index contributed by atoms with van der Waals surface area (Å²) in [6.45, 7) is 4.63. The number of methoxy groups -OCH3 is 2. The first-order valence-electron chi connectivity index (χ1n) is 9.79. The maximum atomic E-state index is 13.2. The van der Waals surface area contributed by atoms with Crippen LogP contribution in [0.3, 0.4) is 0 Å². The van der Waals surface area contributed by atoms with Crippen LogP contribution in [0.2, 0.25) is 0 Å². The average molecular weight is 428 g/mol. The van der Waals surface area contributed by atoms with Gasteiger partial charge in [0.1, 0.15) is 6.04 Å². The number of rotatable bonds is 8. The van der Waals surface area contributed by atoms with Crippen molar-refractivity contribution in [1.29, 1.82) is 0 Å². The molecule has 2 aliphatic rings. The van der Waals surface area contributed by atoms with Crippen molar-refractivity contribution in [2.24, 2.45) is 0 Å². The lowest BCUT2D eigenvalue weighted by Gasteiger charge is -2.27. The smallest absolute Gasteiger partial charge is 0.243 e. The van der Waals surface area contributed by atoms with Gasteiger partial charge in [0.05, 0.1) is 32.3 Å². The number of hydrogen-bond donors (Lipinski definition) is 1. The molecule has 2 aliphatic heterocycles. The van der Waals surface area contributed by atoms with Crippen molar-refractivity contribution in [3.63, 3.8) is 0 Å². The van der Waals surface area contributed by atoms with Gasteiger partial charge in [-0.3, -0.25) is 9.69 Å². The predicted octanol–water partition coefficient (Wildman–Crippen LogP) is 0.305. The molecule has 1 aromatic carbocycles. The van der Waals surface area contributed by atoms with Crippen LogP contribution < -0.4 is 14.8 Å². The second kappa shape index (κ2) is 9.75. The topological polar surface area (TPSA) is 97.4 Å². The van der Waals surface area contributed by atoms with E-state index in [4.69, 9.17) is 14.2 Å². The van der Waals surface area contributed by atoms with Crippen LogP contribution >= 0.6 is 0 Å². The van der Waals surface area contributed by atoms with Gasteiger partial charge in [0.2, 0.25) is 15.9 Å². The zero-order chi connectivity index (χ0) is 20.9. The van der Waals surface area contributed by atoms with Gasteiger partial charge < -0.3 is 19.5 Å². The minimum atomic E-state index is -3.83. The fourth-order valence-corrected chi connectivity index (χ4v) is 5.35. The van der Waals surface area contributed by atoms with Gasteiger partial charge in [-0.2, -0.15) is 4.31 Å². The Balaban J connectivity index is 1.66. The van der Waals surface area contributed by atoms with E-state index in [9.17, 15) is 13.2 Å². The van der Waals surface area contributed by atoms with Crippen molar-refractivity contribution >= 4 is 15.9 Å². The second-order valence-electron chi connectivity index (χ2n) is 7.04. The normalized spacial score (nSPS) is 21.1. The summed E-state index contributed by atoms with van der Waals surface area (Å²) in [6, 6.07) is 3.76. The summed E-state index contributed by atoms with van der Waals surface area (Å²) in [5.41, 5.74) is 0. The first kappa shape index (κ1) is 21.8. The summed E-state index contributed by atoms with van der Waals surface area (Å²) in [5, 5.41) is 2.89. The Morgan fingerprint density at radius 1 is 1.17 bits per heavy atom. The molecule has 1 unspecified atom stereocenters. The molecule has 2 fully saturated rings. The monoisotopic (exact) mass is 427 g/mol. The molecule has 10 heteroatoms. The highest BCUT2D eigenvalue weighted by atomic mass is 32.2. The van der Waals surface area contributed by atoms with Crippen LogP contribution in [0, 0.1) is 0 Å². The van der Waals surface area contributed by atoms with Crippen molar-refractivity contribution in [3.8, 4) is 11.5 Å². The van der Waals surface area contributed by atoms with Gasteiger partial charge in [-0.15, -0.1) is 0 Å². The number of benzene rings is 1. The Morgan fingerprint density at radius 3 is 2.59 bits per heavy atom. The lowest BCUT2D eigenvalue weighted by Crippen LogP contribution is -2.48. The Bertz CT molecular complexity index is 810. The first-order valence-corrected chi connectivity index (χ1v) is 11.2. The molecule has 0 spiro atoms. The Morgan fingerprint density at radius 2 is 1.90 bits per heavy atom. The molecule has 1 aromatic rings. The number of nitrogens with one attached hydrogen (secondary N) is 1. The molecule has 29 heavy (non-hydrogen) atoms. The van der Waals surface area contributed by atoms with E-state index in [0.717, 1.165) is 19.6 Å². The maximum Gasteiger partial charge on any atom is 0.243 e. The maximum absolute atomic E-state index is 13.2. The molecule has 0 aliphatic carbocycles. The van der Waals surface area contributed by atoms with Gasteiger partial charge in [0, 0.05) is 38.8 Å². The van der Waals surface area contributed by atoms with Gasteiger partial charge in [-0.1, -0.05) is 0 Å². The van der Waals surface area contributed by atoms with Crippen LogP contribution in [-0.4, -0.2) is 89.7 Å². The fourth-order valence-electron chi connectivity index (χ4n) is 3.68. The van der Waals surface area contributed by atoms with E-state index in [2.05, 4.69) is 10.2 Å². The summed E-state index contributed by atoms with van der Waals surface area (Å²) in [6.07, 6.45) is 1.16. The van der Waals surface area contributed by atoms with Crippen molar-refractivity contribution < 1.29 is 27.4 Å². The third kappa shape index (κ3) is 5.00. The lowest BCUT2D eigenvalue weighted by atomic mass is 10.2. The summed E-state index contributed by atoms with van der Waals surface area (Å²) < 4.78 is 43.3. The highest BCUT2D eigenvalue weighted by Gasteiger charge is 2.39. The molecule has 3 rings (SSSR count). The Hall–Kier alpha value is -1.88. The van der Waals surface area contributed by atoms with E-state index in [-0.39, 0.29) is 10.8 Å². The van der Waals surface area contributed by atoms with Gasteiger partial charge in [-0.25, -0.2) is 8.42 Å². The SMILES string of the molecule is COc1ccc(S(=O)(=O)N2CCCC2C(=O)NCCN2CCOCC2)cc1OC. The molecule has 1 atom stereocenters. The number of ether oxygens (including phenoxy) is 3. The molecule has 0 saturated carbocycles. The summed E-state index contributed by atoms with van der Waals surface area (Å²) in [5.74, 6) is 0.532. The fraction of sp³-hybridized carbons (Fsp3) is 0.632. The number of sulfonamides is 1. The number of nitrogens with zero attached hydrogens (tertiary/aromatic N) is 2. The molecular formula is C19H29N3O6S. The van der Waals surface area contributed by atoms with Crippen LogP contribution in [-0.2, 0) is 19.6 Å². The van der Waals surface area contributed by atoms with Crippen LogP contribution in [0.5, 0.6) is 11.5 Å². The van der Waals surface area contributed by atoms with Crippen LogP contribution in [0.1, 0.15) is 12.8 Å². The van der Waals surface area contributed by atoms with Crippen molar-refractivity contribution in [2.45, 2.75) is 23.8 Å². The number of carbonyl (C=O) groups excluding carboxylic acids is 1. The molecule has 2 heterocycles. The molecule has 1 amide bonds. The predicted molar refractivity (Wildman–Crippen MR) is 107 cm³/mol. The zero-order valence-corrected chi connectivity index (χ0v) is 17.7. The van der Waals surface area contributed by atoms with Gasteiger partial charge in [0.25, 0.3) is 0 Å². The number of morpholine rings is 1. The van der Waals surface area contributed by atoms with Crippen molar-refractivity contribution in [1.82, 2.24) is 14.5 Å². The second-order valence-corrected chi connectivity index (χ2v) is 8.93. The van der Waals surface area contributed by atoms with Crippen LogP contribution in [0.25, 0.3) is 0 Å². The molecule has 1 N–H and O–H groups in total. The largest absolute Gasteiger partial charge is 0.493 e. The number of amides is 1. The molecule has 0 aromatic heterocycles. The minimum absolute atomic E-state index is 0.0863. The highest BCUT2D eigenvalue weighted by molar-refractivity contribution is 7.89. The van der Waals surface area contributed by atoms with E-state index < -0.39 is 16.1 Å². The van der Waals surface area contributed by atoms with Crippen molar-refractivity contribution in [2.75, 3.05) is 60.2 Å². The Labute approximate surface area is 171 Å². The minimum Gasteiger partial charge on any atom is -0.493 e. The first-order chi connectivity index (χ1) is 14.0. The number of hydrogen-bond acceptors (Lipinski definition) is 7. The van der Waals surface area contributed by atoms with E-state index in [1.807, 2.05) is 0 Å². The number of carbonyl (C=O) groups is 1. The van der Waals surface area contributed by atoms with Crippen LogP contribution in [0.4, 0.5) is 0 Å². The van der Waals surface area contributed by atoms with E-state index in [1.165, 1.54) is 30.7 Å². The molecule has 9 nitrogen and oxygen atoms in total.